The molecule has 98 valence electrons. The van der Waals surface area contributed by atoms with Gasteiger partial charge in [-0.3, -0.25) is 0 Å². The third-order valence-corrected chi connectivity index (χ3v) is 2.99. The lowest BCUT2D eigenvalue weighted by atomic mass is 9.91. The maximum Gasteiger partial charge on any atom is 0.416 e. The molecule has 0 heterocycles. The number of alkyl halides is 3. The Kier molecular flexibility index (Phi) is 3.74. The summed E-state index contributed by atoms with van der Waals surface area (Å²) in [6.45, 7) is 3.76. The first-order valence-electron chi connectivity index (χ1n) is 5.87. The second-order valence-corrected chi connectivity index (χ2v) is 4.24. The lowest BCUT2D eigenvalue weighted by Crippen LogP contribution is -2.05. The van der Waals surface area contributed by atoms with Gasteiger partial charge in [0.2, 0.25) is 0 Å². The van der Waals surface area contributed by atoms with Crippen LogP contribution in [0, 0.1) is 0 Å². The van der Waals surface area contributed by atoms with E-state index in [1.807, 2.05) is 30.3 Å². The van der Waals surface area contributed by atoms with Crippen LogP contribution in [0.2, 0.25) is 0 Å². The predicted molar refractivity (Wildman–Crippen MR) is 69.9 cm³/mol. The van der Waals surface area contributed by atoms with Crippen LogP contribution in [0.5, 0.6) is 0 Å². The molecule has 0 nitrogen and oxygen atoms in total. The molecule has 3 heteroatoms. The Morgan fingerprint density at radius 2 is 1.37 bits per heavy atom. The third kappa shape index (κ3) is 3.05. The summed E-state index contributed by atoms with van der Waals surface area (Å²) in [6, 6.07) is 14.8. The topological polar surface area (TPSA) is 0 Å². The van der Waals surface area contributed by atoms with Crippen LogP contribution >= 0.6 is 0 Å². The van der Waals surface area contributed by atoms with Crippen molar-refractivity contribution >= 4 is 0 Å². The van der Waals surface area contributed by atoms with Gasteiger partial charge in [-0.1, -0.05) is 48.5 Å². The smallest absolute Gasteiger partial charge is 0.166 e. The fourth-order valence-corrected chi connectivity index (χ4v) is 2.00. The first-order chi connectivity index (χ1) is 9.02. The van der Waals surface area contributed by atoms with Gasteiger partial charge >= 0.3 is 6.18 Å². The molecule has 0 aliphatic heterocycles. The summed E-state index contributed by atoms with van der Waals surface area (Å²) in [5.41, 5.74) is 1.18. The van der Waals surface area contributed by atoms with E-state index in [1.54, 1.807) is 6.08 Å². The summed E-state index contributed by atoms with van der Waals surface area (Å²) in [4.78, 5) is 0. The fourth-order valence-electron chi connectivity index (χ4n) is 2.00. The maximum absolute atomic E-state index is 12.5. The Morgan fingerprint density at radius 1 is 0.842 bits per heavy atom. The molecule has 0 fully saturated rings. The first kappa shape index (κ1) is 13.4. The zero-order chi connectivity index (χ0) is 13.9. The van der Waals surface area contributed by atoms with E-state index in [2.05, 4.69) is 6.58 Å². The molecule has 0 saturated carbocycles. The molecular weight excluding hydrogens is 249 g/mol. The van der Waals surface area contributed by atoms with Crippen molar-refractivity contribution in [3.8, 4) is 0 Å². The molecule has 0 radical (unpaired) electrons. The van der Waals surface area contributed by atoms with Crippen molar-refractivity contribution in [1.29, 1.82) is 0 Å². The summed E-state index contributed by atoms with van der Waals surface area (Å²) >= 11 is 0. The van der Waals surface area contributed by atoms with Crippen LogP contribution in [0.4, 0.5) is 13.2 Å². The standard InChI is InChI=1S/C16H13F3/c1-2-15(12-6-4-3-5-7-12)13-8-10-14(11-9-13)16(17,18)19/h2-11,15H,1H2/t15-/m0/s1. The number of hydrogen-bond acceptors (Lipinski definition) is 0. The van der Waals surface area contributed by atoms with E-state index < -0.39 is 11.7 Å². The Bertz CT molecular complexity index is 538. The van der Waals surface area contributed by atoms with Crippen molar-refractivity contribution in [2.24, 2.45) is 0 Å². The summed E-state index contributed by atoms with van der Waals surface area (Å²) in [5.74, 6) is -0.0940. The minimum atomic E-state index is -4.30. The van der Waals surface area contributed by atoms with E-state index in [0.717, 1.165) is 23.3 Å². The Hall–Kier alpha value is -2.03. The normalized spacial score (nSPS) is 13.0. The maximum atomic E-state index is 12.5. The molecule has 0 saturated heterocycles. The molecule has 0 spiro atoms. The molecule has 0 aromatic heterocycles. The molecule has 2 aromatic carbocycles. The Labute approximate surface area is 110 Å². The second kappa shape index (κ2) is 5.31. The summed E-state index contributed by atoms with van der Waals surface area (Å²) in [7, 11) is 0. The highest BCUT2D eigenvalue weighted by atomic mass is 19.4. The molecule has 0 unspecified atom stereocenters. The number of allylic oxidation sites excluding steroid dienone is 1. The van der Waals surface area contributed by atoms with E-state index in [9.17, 15) is 13.2 Å². The Morgan fingerprint density at radius 3 is 1.84 bits per heavy atom. The van der Waals surface area contributed by atoms with Gasteiger partial charge < -0.3 is 0 Å². The minimum absolute atomic E-state index is 0.0940. The molecule has 2 rings (SSSR count). The van der Waals surface area contributed by atoms with Gasteiger partial charge in [-0.05, 0) is 23.3 Å². The number of benzene rings is 2. The van der Waals surface area contributed by atoms with Gasteiger partial charge in [0.05, 0.1) is 5.56 Å². The van der Waals surface area contributed by atoms with Crippen LogP contribution < -0.4 is 0 Å². The lowest BCUT2D eigenvalue weighted by Gasteiger charge is -2.14. The molecule has 0 aliphatic rings. The summed E-state index contributed by atoms with van der Waals surface area (Å²) in [6.07, 6.45) is -2.56. The zero-order valence-electron chi connectivity index (χ0n) is 10.2. The molecule has 0 N–H and O–H groups in total. The highest BCUT2D eigenvalue weighted by molar-refractivity contribution is 5.37. The highest BCUT2D eigenvalue weighted by Gasteiger charge is 2.30. The average molecular weight is 262 g/mol. The largest absolute Gasteiger partial charge is 0.416 e. The van der Waals surface area contributed by atoms with Crippen molar-refractivity contribution in [2.75, 3.05) is 0 Å². The van der Waals surface area contributed by atoms with E-state index in [4.69, 9.17) is 0 Å². The van der Waals surface area contributed by atoms with E-state index in [-0.39, 0.29) is 5.92 Å². The average Bonchev–Trinajstić information content (AvgIpc) is 2.40. The van der Waals surface area contributed by atoms with Gasteiger partial charge in [0.25, 0.3) is 0 Å². The molecule has 19 heavy (non-hydrogen) atoms. The summed E-state index contributed by atoms with van der Waals surface area (Å²) in [5, 5.41) is 0. The van der Waals surface area contributed by atoms with Gasteiger partial charge in [-0.25, -0.2) is 0 Å². The SMILES string of the molecule is C=C[C@@H](c1ccccc1)c1ccc(C(F)(F)F)cc1. The lowest BCUT2D eigenvalue weighted by molar-refractivity contribution is -0.137. The number of hydrogen-bond donors (Lipinski definition) is 0. The quantitative estimate of drug-likeness (QED) is 0.681. The van der Waals surface area contributed by atoms with Gasteiger partial charge in [0.1, 0.15) is 0 Å². The molecule has 0 amide bonds. The molecule has 2 aromatic rings. The third-order valence-electron chi connectivity index (χ3n) is 2.99. The predicted octanol–water partition coefficient (Wildman–Crippen LogP) is 5.02. The van der Waals surface area contributed by atoms with Crippen LogP contribution in [0.3, 0.4) is 0 Å². The highest BCUT2D eigenvalue weighted by Crippen LogP contribution is 2.31. The molecule has 0 bridgehead atoms. The zero-order valence-corrected chi connectivity index (χ0v) is 10.2. The van der Waals surface area contributed by atoms with Crippen molar-refractivity contribution in [3.63, 3.8) is 0 Å². The van der Waals surface area contributed by atoms with Crippen molar-refractivity contribution < 1.29 is 13.2 Å². The van der Waals surface area contributed by atoms with Crippen LogP contribution in [0.1, 0.15) is 22.6 Å². The van der Waals surface area contributed by atoms with Gasteiger partial charge in [-0.2, -0.15) is 13.2 Å². The molecule has 1 atom stereocenters. The van der Waals surface area contributed by atoms with Crippen LogP contribution in [0.25, 0.3) is 0 Å². The van der Waals surface area contributed by atoms with E-state index >= 15 is 0 Å². The molecular formula is C16H13F3. The van der Waals surface area contributed by atoms with E-state index in [1.165, 1.54) is 12.1 Å². The van der Waals surface area contributed by atoms with Crippen molar-refractivity contribution in [2.45, 2.75) is 12.1 Å². The monoisotopic (exact) mass is 262 g/mol. The fraction of sp³-hybridized carbons (Fsp3) is 0.125. The van der Waals surface area contributed by atoms with Crippen LogP contribution in [-0.4, -0.2) is 0 Å². The van der Waals surface area contributed by atoms with Gasteiger partial charge in [0, 0.05) is 5.92 Å². The van der Waals surface area contributed by atoms with Gasteiger partial charge in [-0.15, -0.1) is 6.58 Å². The van der Waals surface area contributed by atoms with Gasteiger partial charge in [0.15, 0.2) is 0 Å². The number of halogens is 3. The van der Waals surface area contributed by atoms with Crippen molar-refractivity contribution in [3.05, 3.63) is 83.9 Å². The van der Waals surface area contributed by atoms with Crippen molar-refractivity contribution in [1.82, 2.24) is 0 Å². The summed E-state index contributed by atoms with van der Waals surface area (Å²) < 4.78 is 37.5. The minimum Gasteiger partial charge on any atom is -0.166 e. The molecule has 0 aliphatic carbocycles. The van der Waals surface area contributed by atoms with Crippen LogP contribution in [-0.2, 0) is 6.18 Å². The number of rotatable bonds is 3. The second-order valence-electron chi connectivity index (χ2n) is 4.24. The van der Waals surface area contributed by atoms with Crippen LogP contribution in [0.15, 0.2) is 67.3 Å². The Balaban J connectivity index is 2.33. The van der Waals surface area contributed by atoms with E-state index in [0.29, 0.717) is 0 Å². The first-order valence-corrected chi connectivity index (χ1v) is 5.87.